The summed E-state index contributed by atoms with van der Waals surface area (Å²) in [5.41, 5.74) is 0.912. The second-order valence-corrected chi connectivity index (χ2v) is 15.2. The van der Waals surface area contributed by atoms with Crippen LogP contribution < -0.4 is 14.7 Å². The Bertz CT molecular complexity index is 1920. The molecular weight excluding hydrogens is 693 g/mol. The predicted octanol–water partition coefficient (Wildman–Crippen LogP) is 4.32. The predicted molar refractivity (Wildman–Crippen MR) is 174 cm³/mol. The lowest BCUT2D eigenvalue weighted by Crippen LogP contribution is -2.20. The van der Waals surface area contributed by atoms with Crippen LogP contribution in [0.3, 0.4) is 0 Å². The van der Waals surface area contributed by atoms with E-state index in [1.54, 1.807) is 0 Å². The van der Waals surface area contributed by atoms with Crippen LogP contribution in [0.1, 0.15) is 5.56 Å². The Labute approximate surface area is 275 Å². The summed E-state index contributed by atoms with van der Waals surface area (Å²) in [5.74, 6) is -0.472. The van der Waals surface area contributed by atoms with Crippen molar-refractivity contribution in [2.45, 2.75) is 6.42 Å². The Morgan fingerprint density at radius 3 is 1.57 bits per heavy atom. The van der Waals surface area contributed by atoms with Gasteiger partial charge < -0.3 is 46.9 Å². The molecule has 0 amide bonds. The molecular formula is C30H32O13P3S-3. The van der Waals surface area contributed by atoms with Crippen molar-refractivity contribution in [3.8, 4) is 0 Å². The van der Waals surface area contributed by atoms with E-state index >= 15 is 0 Å². The first-order valence-electron chi connectivity index (χ1n) is 14.5. The van der Waals surface area contributed by atoms with Gasteiger partial charge in [-0.25, -0.2) is 0 Å². The highest BCUT2D eigenvalue weighted by Gasteiger charge is 2.20. The molecule has 5 rings (SSSR count). The van der Waals surface area contributed by atoms with Crippen LogP contribution in [0, 0.1) is 5.92 Å². The minimum absolute atomic E-state index is 0.127. The van der Waals surface area contributed by atoms with Gasteiger partial charge >= 0.3 is 0 Å². The quantitative estimate of drug-likeness (QED) is 0.0402. The first-order valence-corrected chi connectivity index (χ1v) is 19.5. The number of thiol groups is 1. The van der Waals surface area contributed by atoms with Crippen molar-refractivity contribution < 1.29 is 60.6 Å². The monoisotopic (exact) mass is 725 g/mol. The molecule has 0 heterocycles. The summed E-state index contributed by atoms with van der Waals surface area (Å²) in [7, 11) is -14.5. The molecule has 0 aliphatic heterocycles. The number of phosphoric ester groups is 3. The van der Waals surface area contributed by atoms with Crippen LogP contribution in [0.5, 0.6) is 0 Å². The number of aliphatic hydroxyl groups is 1. The number of hydrogen-bond donors (Lipinski definition) is 2. The lowest BCUT2D eigenvalue weighted by atomic mass is 9.87. The van der Waals surface area contributed by atoms with E-state index in [1.165, 1.54) is 5.39 Å². The van der Waals surface area contributed by atoms with Crippen LogP contribution in [0.2, 0.25) is 0 Å². The van der Waals surface area contributed by atoms with Crippen LogP contribution >= 0.6 is 36.1 Å². The molecule has 0 saturated carbocycles. The maximum absolute atomic E-state index is 12.3. The van der Waals surface area contributed by atoms with Crippen molar-refractivity contribution >= 4 is 79.2 Å². The average molecular weight is 726 g/mol. The normalized spacial score (nSPS) is 16.9. The van der Waals surface area contributed by atoms with Crippen molar-refractivity contribution in [2.24, 2.45) is 5.92 Å². The average Bonchev–Trinajstić information content (AvgIpc) is 3.05. The fraction of sp³-hybridized carbons (Fsp3) is 0.333. The van der Waals surface area contributed by atoms with Crippen molar-refractivity contribution in [3.63, 3.8) is 0 Å². The topological polar surface area (TPSA) is 196 Å². The molecule has 4 atom stereocenters. The maximum Gasteiger partial charge on any atom is 0.268 e. The molecule has 47 heavy (non-hydrogen) atoms. The van der Waals surface area contributed by atoms with Gasteiger partial charge in [-0.05, 0) is 55.1 Å². The molecule has 0 aromatic heterocycles. The van der Waals surface area contributed by atoms with Gasteiger partial charge in [0.2, 0.25) is 0 Å². The number of aliphatic hydroxyl groups excluding tert-OH is 1. The molecule has 0 aliphatic carbocycles. The Morgan fingerprint density at radius 2 is 1.04 bits per heavy atom. The van der Waals surface area contributed by atoms with E-state index in [0.29, 0.717) is 6.42 Å². The van der Waals surface area contributed by atoms with E-state index in [2.05, 4.69) is 67.1 Å². The molecule has 0 fully saturated rings. The number of rotatable bonds is 19. The molecule has 17 heteroatoms. The fourth-order valence-corrected chi connectivity index (χ4v) is 7.79. The van der Waals surface area contributed by atoms with Crippen LogP contribution in [0.25, 0.3) is 43.1 Å². The van der Waals surface area contributed by atoms with Crippen LogP contribution in [-0.4, -0.2) is 57.1 Å². The van der Waals surface area contributed by atoms with Crippen LogP contribution in [-0.2, 0) is 47.3 Å². The highest BCUT2D eigenvalue weighted by Crippen LogP contribution is 2.44. The summed E-state index contributed by atoms with van der Waals surface area (Å²) in [5, 5.41) is 19.0. The summed E-state index contributed by atoms with van der Waals surface area (Å²) in [6.07, 6.45) is 0.315. The lowest BCUT2D eigenvalue weighted by molar-refractivity contribution is -0.235. The maximum atomic E-state index is 12.3. The van der Waals surface area contributed by atoms with Gasteiger partial charge in [0.05, 0.1) is 39.6 Å². The van der Waals surface area contributed by atoms with Gasteiger partial charge in [0, 0.05) is 18.3 Å². The minimum atomic E-state index is -4.93. The van der Waals surface area contributed by atoms with E-state index in [-0.39, 0.29) is 25.6 Å². The summed E-state index contributed by atoms with van der Waals surface area (Å²) in [6, 6.07) is 22.6. The fourth-order valence-electron chi connectivity index (χ4n) is 5.43. The number of fused-ring (bicyclic) bond motifs is 2. The number of phosphoric acid groups is 3. The van der Waals surface area contributed by atoms with Crippen molar-refractivity contribution in [1.29, 1.82) is 0 Å². The van der Waals surface area contributed by atoms with E-state index in [9.17, 15) is 33.5 Å². The largest absolute Gasteiger partial charge is 0.756 e. The zero-order valence-electron chi connectivity index (χ0n) is 24.9. The second-order valence-electron chi connectivity index (χ2n) is 10.5. The van der Waals surface area contributed by atoms with Crippen molar-refractivity contribution in [1.82, 2.24) is 0 Å². The highest BCUT2D eigenvalue weighted by molar-refractivity contribution is 7.80. The second kappa shape index (κ2) is 15.7. The van der Waals surface area contributed by atoms with Gasteiger partial charge in [0.15, 0.2) is 0 Å². The standard InChI is InChI=1S/C30H35O13P3S/c31-19-21(20-43-46(36,37)41-15-14-39-44(32,33)38-12-13-40-45(34,35)42-16-17-47)18-23-10-11-28-26-8-2-5-22-4-1-7-25(29(22)26)27-9-3-6-24(23)30(27)28/h1-11,21,31,47H,12-20H2,(H,32,33)(H,34,35)(H,36,37)/p-3. The third-order valence-corrected chi connectivity index (χ3v) is 10.5. The molecule has 5 aromatic rings. The lowest BCUT2D eigenvalue weighted by Gasteiger charge is -2.27. The molecule has 5 aromatic carbocycles. The Morgan fingerprint density at radius 1 is 0.596 bits per heavy atom. The first kappa shape index (κ1) is 36.3. The van der Waals surface area contributed by atoms with E-state index in [0.717, 1.165) is 43.3 Å². The zero-order chi connectivity index (χ0) is 33.7. The summed E-state index contributed by atoms with van der Waals surface area (Å²) in [4.78, 5) is 35.6. The molecule has 0 spiro atoms. The number of hydrogen-bond acceptors (Lipinski definition) is 14. The minimum Gasteiger partial charge on any atom is -0.756 e. The first-order chi connectivity index (χ1) is 22.4. The van der Waals surface area contributed by atoms with Crippen molar-refractivity contribution in [2.75, 3.05) is 52.0 Å². The van der Waals surface area contributed by atoms with Gasteiger partial charge in [-0.2, -0.15) is 12.6 Å². The summed E-state index contributed by atoms with van der Waals surface area (Å²) in [6.45, 7) is -3.78. The Balaban J connectivity index is 1.14. The molecule has 0 saturated heterocycles. The smallest absolute Gasteiger partial charge is 0.268 e. The molecule has 254 valence electrons. The highest BCUT2D eigenvalue weighted by atomic mass is 32.1. The molecule has 0 aliphatic rings. The zero-order valence-corrected chi connectivity index (χ0v) is 28.5. The van der Waals surface area contributed by atoms with E-state index in [4.69, 9.17) is 9.05 Å². The molecule has 0 bridgehead atoms. The van der Waals surface area contributed by atoms with Gasteiger partial charge in [-0.15, -0.1) is 0 Å². The third kappa shape index (κ3) is 9.19. The Hall–Kier alpha value is -1.96. The van der Waals surface area contributed by atoms with Crippen molar-refractivity contribution in [3.05, 3.63) is 72.3 Å². The molecule has 0 radical (unpaired) electrons. The molecule has 1 N–H and O–H groups in total. The SMILES string of the molecule is O=P([O-])(OCCS)OCCOP(=O)([O-])OCCOP(=O)([O-])OCC(CO)Cc1ccc2c3cccc4cccc(c5cccc1c52)c43. The Kier molecular flexibility index (Phi) is 12.1. The summed E-state index contributed by atoms with van der Waals surface area (Å²) < 4.78 is 63.1. The van der Waals surface area contributed by atoms with Crippen LogP contribution in [0.4, 0.5) is 0 Å². The molecule has 4 unspecified atom stereocenters. The third-order valence-electron chi connectivity index (χ3n) is 7.36. The van der Waals surface area contributed by atoms with Gasteiger partial charge in [0.25, 0.3) is 23.5 Å². The number of benzene rings is 5. The van der Waals surface area contributed by atoms with Gasteiger partial charge in [0.1, 0.15) is 0 Å². The van der Waals surface area contributed by atoms with Crippen LogP contribution in [0.15, 0.2) is 66.7 Å². The van der Waals surface area contributed by atoms with E-state index in [1.807, 2.05) is 30.3 Å². The summed E-state index contributed by atoms with van der Waals surface area (Å²) >= 11 is 3.79. The van der Waals surface area contributed by atoms with Gasteiger partial charge in [-0.3, -0.25) is 13.7 Å². The van der Waals surface area contributed by atoms with Gasteiger partial charge in [-0.1, -0.05) is 66.7 Å². The molecule has 13 nitrogen and oxygen atoms in total. The van der Waals surface area contributed by atoms with E-state index < -0.39 is 55.8 Å².